The van der Waals surface area contributed by atoms with Gasteiger partial charge in [0.25, 0.3) is 0 Å². The molecule has 0 saturated heterocycles. The number of imidazole rings is 1. The van der Waals surface area contributed by atoms with Gasteiger partial charge in [-0.05, 0) is 33.6 Å². The number of carbonyl (C=O) groups is 1. The van der Waals surface area contributed by atoms with Crippen LogP contribution in [0.4, 0.5) is 4.79 Å². The molecule has 1 aromatic rings. The molecule has 1 amide bonds. The van der Waals surface area contributed by atoms with Gasteiger partial charge in [-0.1, -0.05) is 13.8 Å². The Bertz CT molecular complexity index is 419. The van der Waals surface area contributed by atoms with E-state index in [9.17, 15) is 4.79 Å². The summed E-state index contributed by atoms with van der Waals surface area (Å²) in [6.07, 6.45) is 3.17. The molecule has 1 atom stereocenters. The second-order valence-electron chi connectivity index (χ2n) is 6.23. The number of alkyl carbamates (subject to hydrolysis) is 1. The molecule has 0 aliphatic rings. The van der Waals surface area contributed by atoms with Crippen molar-refractivity contribution in [3.05, 3.63) is 18.2 Å². The smallest absolute Gasteiger partial charge is 0.408 e. The van der Waals surface area contributed by atoms with Gasteiger partial charge in [0.2, 0.25) is 0 Å². The van der Waals surface area contributed by atoms with Crippen LogP contribution >= 0.6 is 0 Å². The highest BCUT2D eigenvalue weighted by Gasteiger charge is 2.19. The van der Waals surface area contributed by atoms with Crippen molar-refractivity contribution in [2.24, 2.45) is 5.92 Å². The summed E-state index contributed by atoms with van der Waals surface area (Å²) in [5.41, 5.74) is 0.502. The van der Waals surface area contributed by atoms with Crippen molar-refractivity contribution in [1.29, 1.82) is 0 Å². The average Bonchev–Trinajstić information content (AvgIpc) is 2.61. The number of nitrogens with one attached hydrogen (secondary N) is 1. The van der Waals surface area contributed by atoms with E-state index in [0.717, 1.165) is 12.2 Å². The minimum absolute atomic E-state index is 0.129. The first-order valence-electron chi connectivity index (χ1n) is 6.68. The fraction of sp³-hybridized carbons (Fsp3) is 0.714. The van der Waals surface area contributed by atoms with Crippen LogP contribution in [-0.4, -0.2) is 21.2 Å². The van der Waals surface area contributed by atoms with Crippen LogP contribution in [0, 0.1) is 5.92 Å². The Kier molecular flexibility index (Phi) is 4.97. The van der Waals surface area contributed by atoms with Crippen molar-refractivity contribution in [2.45, 2.75) is 59.7 Å². The fourth-order valence-electron chi connectivity index (χ4n) is 1.80. The minimum Gasteiger partial charge on any atom is -0.444 e. The largest absolute Gasteiger partial charge is 0.444 e. The zero-order chi connectivity index (χ0) is 14.6. The molecule has 1 rings (SSSR count). The summed E-state index contributed by atoms with van der Waals surface area (Å²) in [4.78, 5) is 15.9. The highest BCUT2D eigenvalue weighted by Crippen LogP contribution is 2.15. The van der Waals surface area contributed by atoms with Gasteiger partial charge in [0.1, 0.15) is 5.60 Å². The third-order valence-electron chi connectivity index (χ3n) is 2.48. The molecule has 0 aromatic carbocycles. The van der Waals surface area contributed by atoms with Crippen LogP contribution in [0.25, 0.3) is 0 Å². The number of carbonyl (C=O) groups excluding carboxylic acids is 1. The summed E-state index contributed by atoms with van der Waals surface area (Å²) >= 11 is 0. The van der Waals surface area contributed by atoms with E-state index in [4.69, 9.17) is 4.74 Å². The first kappa shape index (κ1) is 15.5. The van der Waals surface area contributed by atoms with E-state index in [2.05, 4.69) is 28.7 Å². The Hall–Kier alpha value is -1.52. The quantitative estimate of drug-likeness (QED) is 0.911. The Balaban J connectivity index is 2.65. The third kappa shape index (κ3) is 5.32. The normalized spacial score (nSPS) is 13.4. The fourth-order valence-corrected chi connectivity index (χ4v) is 1.80. The second-order valence-corrected chi connectivity index (χ2v) is 6.23. The van der Waals surface area contributed by atoms with Gasteiger partial charge in [-0.2, -0.15) is 0 Å². The minimum atomic E-state index is -0.484. The lowest BCUT2D eigenvalue weighted by Gasteiger charge is -2.22. The van der Waals surface area contributed by atoms with Gasteiger partial charge in [-0.3, -0.25) is 0 Å². The van der Waals surface area contributed by atoms with Crippen LogP contribution in [0.1, 0.15) is 53.3 Å². The van der Waals surface area contributed by atoms with Crippen LogP contribution in [0.5, 0.6) is 0 Å². The molecule has 0 bridgehead atoms. The maximum atomic E-state index is 11.7. The highest BCUT2D eigenvalue weighted by atomic mass is 16.6. The Morgan fingerprint density at radius 1 is 1.42 bits per heavy atom. The third-order valence-corrected chi connectivity index (χ3v) is 2.48. The van der Waals surface area contributed by atoms with Gasteiger partial charge in [0.15, 0.2) is 0 Å². The monoisotopic (exact) mass is 267 g/mol. The summed E-state index contributed by atoms with van der Waals surface area (Å²) in [7, 11) is 0. The average molecular weight is 267 g/mol. The lowest BCUT2D eigenvalue weighted by Crippen LogP contribution is -2.34. The molecule has 5 heteroatoms. The summed E-state index contributed by atoms with van der Waals surface area (Å²) in [5.74, 6) is 0.529. The molecule has 0 saturated carbocycles. The van der Waals surface area contributed by atoms with Gasteiger partial charge in [-0.25, -0.2) is 9.78 Å². The van der Waals surface area contributed by atoms with Crippen molar-refractivity contribution < 1.29 is 9.53 Å². The van der Waals surface area contributed by atoms with Crippen molar-refractivity contribution >= 4 is 6.09 Å². The van der Waals surface area contributed by atoms with Gasteiger partial charge in [-0.15, -0.1) is 0 Å². The Morgan fingerprint density at radius 3 is 2.58 bits per heavy atom. The summed E-state index contributed by atoms with van der Waals surface area (Å²) < 4.78 is 7.31. The van der Waals surface area contributed by atoms with Crippen LogP contribution in [0.2, 0.25) is 0 Å². The summed E-state index contributed by atoms with van der Waals surface area (Å²) in [5, 5.41) is 2.83. The Morgan fingerprint density at radius 2 is 2.05 bits per heavy atom. The number of hydrogen-bond acceptors (Lipinski definition) is 3. The molecule has 1 heterocycles. The number of rotatable bonds is 4. The number of nitrogens with zero attached hydrogens (tertiary/aromatic N) is 2. The van der Waals surface area contributed by atoms with Gasteiger partial charge < -0.3 is 14.6 Å². The van der Waals surface area contributed by atoms with E-state index in [0.29, 0.717) is 5.92 Å². The van der Waals surface area contributed by atoms with Crippen LogP contribution in [0.15, 0.2) is 12.5 Å². The van der Waals surface area contributed by atoms with Crippen LogP contribution < -0.4 is 5.32 Å². The number of hydrogen-bond donors (Lipinski definition) is 1. The van der Waals surface area contributed by atoms with E-state index in [1.165, 1.54) is 0 Å². The van der Waals surface area contributed by atoms with Gasteiger partial charge in [0, 0.05) is 6.54 Å². The molecule has 0 aliphatic heterocycles. The van der Waals surface area contributed by atoms with Crippen molar-refractivity contribution in [2.75, 3.05) is 0 Å². The van der Waals surface area contributed by atoms with E-state index in [-0.39, 0.29) is 6.04 Å². The van der Waals surface area contributed by atoms with Crippen molar-refractivity contribution in [3.63, 3.8) is 0 Å². The number of amides is 1. The molecule has 1 N–H and O–H groups in total. The summed E-state index contributed by atoms with van der Waals surface area (Å²) in [6, 6.07) is -0.129. The van der Waals surface area contributed by atoms with Gasteiger partial charge in [0.05, 0.1) is 24.3 Å². The molecule has 0 aliphatic carbocycles. The highest BCUT2D eigenvalue weighted by molar-refractivity contribution is 5.68. The molecule has 0 radical (unpaired) electrons. The molecule has 1 aromatic heterocycles. The first-order valence-corrected chi connectivity index (χ1v) is 6.68. The molecule has 5 nitrogen and oxygen atoms in total. The number of ether oxygens (including phenoxy) is 1. The van der Waals surface area contributed by atoms with E-state index in [1.54, 1.807) is 12.5 Å². The molecule has 0 unspecified atom stereocenters. The maximum Gasteiger partial charge on any atom is 0.408 e. The summed E-state index contributed by atoms with van der Waals surface area (Å²) in [6.45, 7) is 12.7. The first-order chi connectivity index (χ1) is 8.69. The molecule has 19 heavy (non-hydrogen) atoms. The van der Waals surface area contributed by atoms with Crippen molar-refractivity contribution in [1.82, 2.24) is 14.9 Å². The molecule has 108 valence electrons. The van der Waals surface area contributed by atoms with E-state index < -0.39 is 11.7 Å². The van der Waals surface area contributed by atoms with Crippen LogP contribution in [-0.2, 0) is 11.3 Å². The predicted molar refractivity (Wildman–Crippen MR) is 74.8 cm³/mol. The molecule has 0 fully saturated rings. The molecular weight excluding hydrogens is 242 g/mol. The van der Waals surface area contributed by atoms with Crippen molar-refractivity contribution in [3.8, 4) is 0 Å². The van der Waals surface area contributed by atoms with E-state index >= 15 is 0 Å². The predicted octanol–water partition coefficient (Wildman–Crippen LogP) is 3.12. The number of aromatic nitrogens is 2. The molecular formula is C14H25N3O2. The standard InChI is InChI=1S/C14H25N3O2/c1-10(2)8-17-9-15-7-12(17)11(3)16-13(18)19-14(4,5)6/h7,9-11H,8H2,1-6H3,(H,16,18)/t11-/m0/s1. The lowest BCUT2D eigenvalue weighted by atomic mass is 10.2. The van der Waals surface area contributed by atoms with Gasteiger partial charge >= 0.3 is 6.09 Å². The Labute approximate surface area is 115 Å². The van der Waals surface area contributed by atoms with E-state index in [1.807, 2.05) is 27.7 Å². The SMILES string of the molecule is CC(C)Cn1cncc1[C@H](C)NC(=O)OC(C)(C)C. The second kappa shape index (κ2) is 6.08. The molecule has 0 spiro atoms. The maximum absolute atomic E-state index is 11.7. The topological polar surface area (TPSA) is 56.2 Å². The van der Waals surface area contributed by atoms with Crippen LogP contribution in [0.3, 0.4) is 0 Å². The lowest BCUT2D eigenvalue weighted by molar-refractivity contribution is 0.0506. The zero-order valence-electron chi connectivity index (χ0n) is 12.7. The zero-order valence-corrected chi connectivity index (χ0v) is 12.7.